The summed E-state index contributed by atoms with van der Waals surface area (Å²) in [5, 5.41) is 14.6. The lowest BCUT2D eigenvalue weighted by atomic mass is 10.1. The minimum Gasteiger partial charge on any atom is -0.493 e. The molecule has 0 aliphatic carbocycles. The normalized spacial score (nSPS) is 11.0. The lowest BCUT2D eigenvalue weighted by Crippen LogP contribution is -2.20. The first-order valence-electron chi connectivity index (χ1n) is 11.9. The maximum atomic E-state index is 12.4. The molecule has 4 aromatic rings. The van der Waals surface area contributed by atoms with Gasteiger partial charge in [-0.1, -0.05) is 54.1 Å². The van der Waals surface area contributed by atoms with Crippen LogP contribution in [0.4, 0.5) is 0 Å². The van der Waals surface area contributed by atoms with Gasteiger partial charge in [0.25, 0.3) is 0 Å². The lowest BCUT2D eigenvalue weighted by Gasteiger charge is -2.16. The minimum absolute atomic E-state index is 0.313. The summed E-state index contributed by atoms with van der Waals surface area (Å²) < 4.78 is 18.3. The monoisotopic (exact) mass is 488 g/mol. The molecule has 0 fully saturated rings. The number of nitrogens with one attached hydrogen (secondary N) is 1. The molecular formula is C29H32N2O5. The topological polar surface area (TPSA) is 82.0 Å². The second-order valence-electron chi connectivity index (χ2n) is 8.64. The highest BCUT2D eigenvalue weighted by Gasteiger charge is 2.22. The van der Waals surface area contributed by atoms with Gasteiger partial charge in [-0.25, -0.2) is 4.79 Å². The van der Waals surface area contributed by atoms with Gasteiger partial charge >= 0.3 is 5.97 Å². The van der Waals surface area contributed by atoms with Crippen LogP contribution in [0.25, 0.3) is 10.9 Å². The Morgan fingerprint density at radius 3 is 2.31 bits per heavy atom. The molecule has 0 saturated carbocycles. The van der Waals surface area contributed by atoms with Crippen molar-refractivity contribution in [2.45, 2.75) is 26.4 Å². The molecular weight excluding hydrogens is 456 g/mol. The van der Waals surface area contributed by atoms with Crippen molar-refractivity contribution in [2.24, 2.45) is 0 Å². The number of aromatic carboxylic acids is 1. The van der Waals surface area contributed by atoms with E-state index in [1.54, 1.807) is 21.3 Å². The molecule has 0 saturated heterocycles. The van der Waals surface area contributed by atoms with Gasteiger partial charge in [0.2, 0.25) is 5.75 Å². The molecule has 0 spiro atoms. The first-order valence-corrected chi connectivity index (χ1v) is 11.9. The molecule has 0 bridgehead atoms. The summed E-state index contributed by atoms with van der Waals surface area (Å²) in [7, 11) is 4.78. The van der Waals surface area contributed by atoms with Crippen LogP contribution in [0.2, 0.25) is 0 Å². The highest BCUT2D eigenvalue weighted by atomic mass is 16.5. The molecule has 0 amide bonds. The maximum Gasteiger partial charge on any atom is 0.352 e. The third-order valence-electron chi connectivity index (χ3n) is 6.40. The Morgan fingerprint density at radius 2 is 1.64 bits per heavy atom. The number of methoxy groups -OCH3 is 3. The fourth-order valence-corrected chi connectivity index (χ4v) is 4.64. The third kappa shape index (κ3) is 5.02. The molecule has 0 aliphatic heterocycles. The molecule has 1 aromatic heterocycles. The van der Waals surface area contributed by atoms with Crippen molar-refractivity contribution < 1.29 is 24.1 Å². The zero-order chi connectivity index (χ0) is 25.7. The van der Waals surface area contributed by atoms with Gasteiger partial charge < -0.3 is 29.2 Å². The van der Waals surface area contributed by atoms with E-state index >= 15 is 0 Å². The fraction of sp³-hybridized carbons (Fsp3) is 0.276. The minimum atomic E-state index is -0.934. The number of benzene rings is 3. The third-order valence-corrected chi connectivity index (χ3v) is 6.40. The van der Waals surface area contributed by atoms with E-state index in [4.69, 9.17) is 14.2 Å². The van der Waals surface area contributed by atoms with Crippen LogP contribution >= 0.6 is 0 Å². The van der Waals surface area contributed by atoms with Crippen LogP contribution in [0, 0.1) is 6.92 Å². The van der Waals surface area contributed by atoms with Crippen molar-refractivity contribution in [3.63, 3.8) is 0 Å². The summed E-state index contributed by atoms with van der Waals surface area (Å²) >= 11 is 0. The van der Waals surface area contributed by atoms with Crippen molar-refractivity contribution in [1.82, 2.24) is 9.88 Å². The number of rotatable bonds is 11. The second-order valence-corrected chi connectivity index (χ2v) is 8.64. The summed E-state index contributed by atoms with van der Waals surface area (Å²) in [5.41, 5.74) is 5.21. The predicted molar refractivity (Wildman–Crippen MR) is 141 cm³/mol. The summed E-state index contributed by atoms with van der Waals surface area (Å²) in [6.45, 7) is 3.59. The van der Waals surface area contributed by atoms with E-state index in [0.29, 0.717) is 49.0 Å². The molecule has 7 heteroatoms. The van der Waals surface area contributed by atoms with Gasteiger partial charge in [0.15, 0.2) is 11.5 Å². The van der Waals surface area contributed by atoms with Gasteiger partial charge in [-0.2, -0.15) is 0 Å². The molecule has 2 N–H and O–H groups in total. The number of aromatic nitrogens is 1. The molecule has 0 radical (unpaired) electrons. The summed E-state index contributed by atoms with van der Waals surface area (Å²) in [5.74, 6) is 0.875. The molecule has 0 unspecified atom stereocenters. The van der Waals surface area contributed by atoms with Gasteiger partial charge in [0.05, 0.1) is 21.3 Å². The van der Waals surface area contributed by atoms with Gasteiger partial charge in [-0.05, 0) is 43.1 Å². The standard InChI is InChI=1S/C29H32N2O5/c1-19-9-11-20(12-10-19)18-31-24-8-6-5-7-22(24)23(26(31)29(32)33)17-30-16-15-21-13-14-25(34-2)28(36-4)27(21)35-3/h5-14,30H,15-18H2,1-4H3,(H,32,33). The summed E-state index contributed by atoms with van der Waals surface area (Å²) in [6.07, 6.45) is 0.675. The van der Waals surface area contributed by atoms with Gasteiger partial charge in [0, 0.05) is 29.6 Å². The molecule has 188 valence electrons. The molecule has 36 heavy (non-hydrogen) atoms. The van der Waals surface area contributed by atoms with E-state index < -0.39 is 5.97 Å². The van der Waals surface area contributed by atoms with Gasteiger partial charge in [-0.3, -0.25) is 0 Å². The van der Waals surface area contributed by atoms with Crippen LogP contribution in [0.15, 0.2) is 60.7 Å². The van der Waals surface area contributed by atoms with Crippen LogP contribution in [0.1, 0.15) is 32.7 Å². The van der Waals surface area contributed by atoms with Crippen LogP contribution in [0.5, 0.6) is 17.2 Å². The largest absolute Gasteiger partial charge is 0.493 e. The number of nitrogens with zero attached hydrogens (tertiary/aromatic N) is 1. The number of carboxylic acid groups (broad SMARTS) is 1. The number of hydrogen-bond donors (Lipinski definition) is 2. The number of carbonyl (C=O) groups is 1. The Labute approximate surface area is 211 Å². The van der Waals surface area contributed by atoms with Crippen molar-refractivity contribution in [3.8, 4) is 17.2 Å². The predicted octanol–water partition coefficient (Wildman–Crippen LogP) is 5.05. The van der Waals surface area contributed by atoms with Crippen molar-refractivity contribution in [1.29, 1.82) is 0 Å². The Balaban J connectivity index is 1.58. The molecule has 7 nitrogen and oxygen atoms in total. The van der Waals surface area contributed by atoms with E-state index in [1.807, 2.05) is 72.2 Å². The van der Waals surface area contributed by atoms with Crippen molar-refractivity contribution in [2.75, 3.05) is 27.9 Å². The van der Waals surface area contributed by atoms with Crippen molar-refractivity contribution in [3.05, 3.63) is 88.6 Å². The first-order chi connectivity index (χ1) is 17.5. The highest BCUT2D eigenvalue weighted by molar-refractivity contribution is 5.98. The Hall–Kier alpha value is -3.97. The van der Waals surface area contributed by atoms with E-state index in [9.17, 15) is 9.90 Å². The molecule has 3 aromatic carbocycles. The number of hydrogen-bond acceptors (Lipinski definition) is 5. The Morgan fingerprint density at radius 1 is 0.917 bits per heavy atom. The average molecular weight is 489 g/mol. The fourth-order valence-electron chi connectivity index (χ4n) is 4.64. The molecule has 1 heterocycles. The zero-order valence-corrected chi connectivity index (χ0v) is 21.1. The van der Waals surface area contributed by atoms with Crippen LogP contribution in [-0.2, 0) is 19.5 Å². The number of para-hydroxylation sites is 1. The maximum absolute atomic E-state index is 12.4. The lowest BCUT2D eigenvalue weighted by molar-refractivity contribution is 0.0684. The number of fused-ring (bicyclic) bond motifs is 1. The second kappa shape index (κ2) is 11.2. The molecule has 0 atom stereocenters. The summed E-state index contributed by atoms with van der Waals surface area (Å²) in [4.78, 5) is 12.4. The highest BCUT2D eigenvalue weighted by Crippen LogP contribution is 2.39. The quantitative estimate of drug-likeness (QED) is 0.288. The first kappa shape index (κ1) is 25.1. The van der Waals surface area contributed by atoms with Crippen LogP contribution in [0.3, 0.4) is 0 Å². The summed E-state index contributed by atoms with van der Waals surface area (Å²) in [6, 6.07) is 19.9. The smallest absolute Gasteiger partial charge is 0.352 e. The van der Waals surface area contributed by atoms with E-state index in [-0.39, 0.29) is 0 Å². The van der Waals surface area contributed by atoms with Gasteiger partial charge in [-0.15, -0.1) is 0 Å². The van der Waals surface area contributed by atoms with Gasteiger partial charge in [0.1, 0.15) is 5.69 Å². The van der Waals surface area contributed by atoms with Crippen LogP contribution in [-0.4, -0.2) is 43.5 Å². The average Bonchev–Trinajstić information content (AvgIpc) is 3.20. The SMILES string of the molecule is COc1ccc(CCNCc2c(C(=O)O)n(Cc3ccc(C)cc3)c3ccccc23)c(OC)c1OC. The van der Waals surface area contributed by atoms with Crippen LogP contribution < -0.4 is 19.5 Å². The zero-order valence-electron chi connectivity index (χ0n) is 21.1. The number of carboxylic acids is 1. The Bertz CT molecular complexity index is 1360. The Kier molecular flexibility index (Phi) is 7.80. The van der Waals surface area contributed by atoms with Crippen molar-refractivity contribution >= 4 is 16.9 Å². The van der Waals surface area contributed by atoms with E-state index in [2.05, 4.69) is 5.32 Å². The van der Waals surface area contributed by atoms with E-state index in [0.717, 1.165) is 27.6 Å². The molecule has 4 rings (SSSR count). The number of ether oxygens (including phenoxy) is 3. The molecule has 0 aliphatic rings. The number of aryl methyl sites for hydroxylation is 1. The van der Waals surface area contributed by atoms with E-state index in [1.165, 1.54) is 5.56 Å².